The molecule has 1 heterocycles. The predicted octanol–water partition coefficient (Wildman–Crippen LogP) is 3.81. The number of hydrogen-bond donors (Lipinski definition) is 2. The summed E-state index contributed by atoms with van der Waals surface area (Å²) in [5.74, 6) is 0.255. The number of hydrogen-bond acceptors (Lipinski definition) is 5. The van der Waals surface area contributed by atoms with Gasteiger partial charge in [-0.15, -0.1) is 0 Å². The molecule has 2 aromatic carbocycles. The van der Waals surface area contributed by atoms with Crippen LogP contribution in [0.1, 0.15) is 17.2 Å². The van der Waals surface area contributed by atoms with E-state index in [1.165, 1.54) is 0 Å². The summed E-state index contributed by atoms with van der Waals surface area (Å²) in [6, 6.07) is 20.5. The maximum absolute atomic E-state index is 9.69. The van der Waals surface area contributed by atoms with Crippen LogP contribution < -0.4 is 5.32 Å². The molecule has 1 aromatic heterocycles. The zero-order valence-corrected chi connectivity index (χ0v) is 14.0. The molecule has 2 N–H and O–H groups in total. The third kappa shape index (κ3) is 3.77. The molecule has 25 heavy (non-hydrogen) atoms. The number of aliphatic hydroxyl groups excluding tert-OH is 1. The minimum atomic E-state index is -0.381. The molecule has 124 valence electrons. The lowest BCUT2D eigenvalue weighted by molar-refractivity contribution is 0.276. The molecule has 0 aliphatic carbocycles. The summed E-state index contributed by atoms with van der Waals surface area (Å²) in [7, 11) is 0. The van der Waals surface area contributed by atoms with Crippen molar-refractivity contribution in [3.63, 3.8) is 0 Å². The Labute approximate surface area is 150 Å². The van der Waals surface area contributed by atoms with Gasteiger partial charge < -0.3 is 10.4 Å². The molecule has 3 rings (SSSR count). The molecule has 0 radical (unpaired) electrons. The molecule has 0 bridgehead atoms. The van der Waals surface area contributed by atoms with Crippen LogP contribution in [0.4, 0.5) is 5.95 Å². The number of aromatic nitrogens is 2. The zero-order chi connectivity index (χ0) is 17.6. The highest BCUT2D eigenvalue weighted by molar-refractivity contribution is 6.31. The van der Waals surface area contributed by atoms with Crippen molar-refractivity contribution in [1.29, 1.82) is 5.26 Å². The smallest absolute Gasteiger partial charge is 0.225 e. The van der Waals surface area contributed by atoms with Gasteiger partial charge in [-0.1, -0.05) is 72.3 Å². The van der Waals surface area contributed by atoms with Crippen molar-refractivity contribution < 1.29 is 5.11 Å². The second-order valence-electron chi connectivity index (χ2n) is 5.33. The van der Waals surface area contributed by atoms with Gasteiger partial charge in [0, 0.05) is 5.56 Å². The van der Waals surface area contributed by atoms with E-state index in [0.717, 1.165) is 11.1 Å². The fourth-order valence-electron chi connectivity index (χ4n) is 2.48. The molecule has 0 aliphatic heterocycles. The summed E-state index contributed by atoms with van der Waals surface area (Å²) in [5, 5.41) is 22.2. The molecule has 0 spiro atoms. The van der Waals surface area contributed by atoms with Crippen LogP contribution in [-0.2, 0) is 0 Å². The predicted molar refractivity (Wildman–Crippen MR) is 97.1 cm³/mol. The van der Waals surface area contributed by atoms with E-state index in [1.54, 1.807) is 0 Å². The van der Waals surface area contributed by atoms with E-state index < -0.39 is 0 Å². The number of rotatable bonds is 5. The fraction of sp³-hybridized carbons (Fsp3) is 0.105. The van der Waals surface area contributed by atoms with Crippen molar-refractivity contribution >= 4 is 17.5 Å². The lowest BCUT2D eigenvalue weighted by Crippen LogP contribution is -2.17. The molecule has 1 unspecified atom stereocenters. The van der Waals surface area contributed by atoms with Crippen LogP contribution in [0.25, 0.3) is 11.3 Å². The van der Waals surface area contributed by atoms with E-state index in [-0.39, 0.29) is 29.3 Å². The number of nitriles is 1. The van der Waals surface area contributed by atoms with Crippen molar-refractivity contribution in [3.8, 4) is 17.3 Å². The average molecular weight is 351 g/mol. The van der Waals surface area contributed by atoms with Gasteiger partial charge >= 0.3 is 0 Å². The Balaban J connectivity index is 2.00. The van der Waals surface area contributed by atoms with Gasteiger partial charge in [-0.05, 0) is 5.56 Å². The van der Waals surface area contributed by atoms with Crippen molar-refractivity contribution in [2.75, 3.05) is 11.9 Å². The van der Waals surface area contributed by atoms with E-state index in [0.29, 0.717) is 5.69 Å². The molecular formula is C19H15ClN4O. The first-order valence-electron chi connectivity index (χ1n) is 7.68. The van der Waals surface area contributed by atoms with Gasteiger partial charge in [0.2, 0.25) is 5.95 Å². The van der Waals surface area contributed by atoms with Gasteiger partial charge in [0.15, 0.2) is 5.15 Å². The highest BCUT2D eigenvalue weighted by Gasteiger charge is 2.17. The van der Waals surface area contributed by atoms with E-state index >= 15 is 0 Å². The molecule has 1 atom stereocenters. The maximum Gasteiger partial charge on any atom is 0.225 e. The highest BCUT2D eigenvalue weighted by atomic mass is 35.5. The number of aliphatic hydroxyl groups is 1. The Bertz CT molecular complexity index is 895. The summed E-state index contributed by atoms with van der Waals surface area (Å²) in [4.78, 5) is 8.60. The minimum Gasteiger partial charge on any atom is -0.394 e. The van der Waals surface area contributed by atoms with Gasteiger partial charge in [-0.2, -0.15) is 10.2 Å². The van der Waals surface area contributed by atoms with Crippen molar-refractivity contribution in [1.82, 2.24) is 9.97 Å². The van der Waals surface area contributed by atoms with Crippen LogP contribution in [0.5, 0.6) is 0 Å². The number of halogens is 1. The number of nitrogens with one attached hydrogen (secondary N) is 1. The molecule has 5 nitrogen and oxygen atoms in total. The monoisotopic (exact) mass is 350 g/mol. The van der Waals surface area contributed by atoms with E-state index in [4.69, 9.17) is 11.6 Å². The largest absolute Gasteiger partial charge is 0.394 e. The quantitative estimate of drug-likeness (QED) is 0.684. The number of nitrogens with zero attached hydrogens (tertiary/aromatic N) is 3. The molecule has 0 amide bonds. The third-order valence-electron chi connectivity index (χ3n) is 3.71. The topological polar surface area (TPSA) is 81.8 Å². The van der Waals surface area contributed by atoms with Crippen LogP contribution in [0.2, 0.25) is 5.15 Å². The highest BCUT2D eigenvalue weighted by Crippen LogP contribution is 2.28. The molecule has 0 aliphatic rings. The van der Waals surface area contributed by atoms with Crippen molar-refractivity contribution in [3.05, 3.63) is 76.9 Å². The van der Waals surface area contributed by atoms with Crippen LogP contribution >= 0.6 is 11.6 Å². The van der Waals surface area contributed by atoms with Crippen LogP contribution in [-0.4, -0.2) is 21.7 Å². The van der Waals surface area contributed by atoms with E-state index in [9.17, 15) is 10.4 Å². The van der Waals surface area contributed by atoms with Crippen LogP contribution in [0.15, 0.2) is 60.7 Å². The van der Waals surface area contributed by atoms with Gasteiger partial charge in [0.05, 0.1) is 18.3 Å². The Hall–Kier alpha value is -2.94. The first-order chi connectivity index (χ1) is 12.2. The van der Waals surface area contributed by atoms with Gasteiger partial charge in [0.1, 0.15) is 11.6 Å². The van der Waals surface area contributed by atoms with Crippen LogP contribution in [0, 0.1) is 11.3 Å². The second kappa shape index (κ2) is 7.75. The average Bonchev–Trinajstić information content (AvgIpc) is 2.67. The fourth-order valence-corrected chi connectivity index (χ4v) is 2.69. The summed E-state index contributed by atoms with van der Waals surface area (Å²) in [6.45, 7) is -0.133. The first-order valence-corrected chi connectivity index (χ1v) is 8.06. The SMILES string of the molecule is N#Cc1c(Cl)nc(NC(CO)c2ccccc2)nc1-c1ccccc1. The normalized spacial score (nSPS) is 11.6. The Morgan fingerprint density at radius 2 is 1.68 bits per heavy atom. The third-order valence-corrected chi connectivity index (χ3v) is 3.99. The van der Waals surface area contributed by atoms with E-state index in [1.807, 2.05) is 60.7 Å². The Kier molecular flexibility index (Phi) is 5.24. The lowest BCUT2D eigenvalue weighted by Gasteiger charge is -2.17. The number of anilines is 1. The maximum atomic E-state index is 9.69. The Morgan fingerprint density at radius 3 is 2.28 bits per heavy atom. The summed E-state index contributed by atoms with van der Waals surface area (Å²) in [5.41, 5.74) is 2.34. The van der Waals surface area contributed by atoms with Crippen molar-refractivity contribution in [2.24, 2.45) is 0 Å². The molecular weight excluding hydrogens is 336 g/mol. The summed E-state index contributed by atoms with van der Waals surface area (Å²) in [6.07, 6.45) is 0. The van der Waals surface area contributed by atoms with E-state index in [2.05, 4.69) is 21.4 Å². The van der Waals surface area contributed by atoms with Gasteiger partial charge in [-0.3, -0.25) is 0 Å². The molecule has 3 aromatic rings. The summed E-state index contributed by atoms with van der Waals surface area (Å²) >= 11 is 6.18. The van der Waals surface area contributed by atoms with Gasteiger partial charge in [0.25, 0.3) is 0 Å². The standard InChI is InChI=1S/C19H15ClN4O/c20-18-15(11-21)17(14-9-5-2-6-10-14)23-19(24-18)22-16(12-25)13-7-3-1-4-8-13/h1-10,16,25H,12H2,(H,22,23,24). The summed E-state index contributed by atoms with van der Waals surface area (Å²) < 4.78 is 0. The molecule has 0 fully saturated rings. The zero-order valence-electron chi connectivity index (χ0n) is 13.2. The lowest BCUT2D eigenvalue weighted by atomic mass is 10.1. The van der Waals surface area contributed by atoms with Gasteiger partial charge in [-0.25, -0.2) is 4.98 Å². The molecule has 6 heteroatoms. The first kappa shape index (κ1) is 16.9. The van der Waals surface area contributed by atoms with Crippen molar-refractivity contribution in [2.45, 2.75) is 6.04 Å². The Morgan fingerprint density at radius 1 is 1.04 bits per heavy atom. The second-order valence-corrected chi connectivity index (χ2v) is 5.69. The van der Waals surface area contributed by atoms with Crippen LogP contribution in [0.3, 0.4) is 0 Å². The number of benzene rings is 2. The minimum absolute atomic E-state index is 0.0728. The molecule has 0 saturated carbocycles. The molecule has 0 saturated heterocycles.